The SMILES string of the molecule is O=C(OC1([C@H]2CCC[C@@H](c3cccc(F)c3)N2S(=O)(=O)c2ccc(F)cc2F)CC1)N1CCCN(Cc2ccccc2)CC1. The maximum absolute atomic E-state index is 15.0. The summed E-state index contributed by atoms with van der Waals surface area (Å²) in [6, 6.07) is 16.6. The van der Waals surface area contributed by atoms with Crippen LogP contribution < -0.4 is 0 Å². The Morgan fingerprint density at radius 3 is 2.34 bits per heavy atom. The second-order valence-corrected chi connectivity index (χ2v) is 13.8. The Balaban J connectivity index is 1.25. The van der Waals surface area contributed by atoms with E-state index in [1.165, 1.54) is 28.1 Å². The Labute approximate surface area is 256 Å². The average molecular weight is 628 g/mol. The summed E-state index contributed by atoms with van der Waals surface area (Å²) in [5, 5.41) is 0. The molecule has 0 N–H and O–H groups in total. The van der Waals surface area contributed by atoms with Gasteiger partial charge in [-0.25, -0.2) is 26.4 Å². The molecule has 0 spiro atoms. The molecule has 11 heteroatoms. The maximum Gasteiger partial charge on any atom is 0.410 e. The zero-order valence-corrected chi connectivity index (χ0v) is 25.2. The summed E-state index contributed by atoms with van der Waals surface area (Å²) in [6.45, 7) is 3.27. The molecule has 2 aliphatic heterocycles. The summed E-state index contributed by atoms with van der Waals surface area (Å²) >= 11 is 0. The van der Waals surface area contributed by atoms with Crippen molar-refractivity contribution in [3.8, 4) is 0 Å². The van der Waals surface area contributed by atoms with Gasteiger partial charge in [0.15, 0.2) is 0 Å². The summed E-state index contributed by atoms with van der Waals surface area (Å²) in [4.78, 5) is 16.9. The number of hydrogen-bond acceptors (Lipinski definition) is 5. The lowest BCUT2D eigenvalue weighted by Crippen LogP contribution is -2.54. The van der Waals surface area contributed by atoms with E-state index in [0.29, 0.717) is 63.4 Å². The third-order valence-corrected chi connectivity index (χ3v) is 10.9. The highest BCUT2D eigenvalue weighted by Gasteiger charge is 2.60. The van der Waals surface area contributed by atoms with Gasteiger partial charge in [-0.15, -0.1) is 0 Å². The lowest BCUT2D eigenvalue weighted by Gasteiger charge is -2.44. The minimum atomic E-state index is -4.56. The number of hydrogen-bond donors (Lipinski definition) is 0. The van der Waals surface area contributed by atoms with Gasteiger partial charge < -0.3 is 9.64 Å². The molecule has 2 saturated heterocycles. The average Bonchev–Trinajstić information content (AvgIpc) is 3.82. The van der Waals surface area contributed by atoms with Crippen molar-refractivity contribution in [1.29, 1.82) is 0 Å². The first-order chi connectivity index (χ1) is 21.2. The largest absolute Gasteiger partial charge is 0.441 e. The molecule has 3 aromatic rings. The smallest absolute Gasteiger partial charge is 0.410 e. The van der Waals surface area contributed by atoms with Gasteiger partial charge >= 0.3 is 6.09 Å². The van der Waals surface area contributed by atoms with Crippen molar-refractivity contribution >= 4 is 16.1 Å². The van der Waals surface area contributed by atoms with E-state index in [1.807, 2.05) is 18.2 Å². The second-order valence-electron chi connectivity index (χ2n) is 12.0. The van der Waals surface area contributed by atoms with Gasteiger partial charge in [-0.2, -0.15) is 4.31 Å². The van der Waals surface area contributed by atoms with E-state index in [2.05, 4.69) is 17.0 Å². The van der Waals surface area contributed by atoms with Crippen molar-refractivity contribution in [3.63, 3.8) is 0 Å². The number of rotatable bonds is 7. The summed E-state index contributed by atoms with van der Waals surface area (Å²) in [6.07, 6.45) is 2.52. The Morgan fingerprint density at radius 2 is 1.61 bits per heavy atom. The molecule has 0 aromatic heterocycles. The monoisotopic (exact) mass is 627 g/mol. The fourth-order valence-electron chi connectivity index (χ4n) is 6.65. The Hall–Kier alpha value is -3.41. The molecular formula is C33H36F3N3O4S. The first kappa shape index (κ1) is 30.6. The van der Waals surface area contributed by atoms with Crippen LogP contribution in [0.25, 0.3) is 0 Å². The van der Waals surface area contributed by atoms with Crippen LogP contribution in [0.15, 0.2) is 77.7 Å². The van der Waals surface area contributed by atoms with Gasteiger partial charge in [0.2, 0.25) is 10.0 Å². The molecule has 2 heterocycles. The Bertz CT molecular complexity index is 1600. The fraction of sp³-hybridized carbons (Fsp3) is 0.424. The molecule has 234 valence electrons. The number of benzene rings is 3. The van der Waals surface area contributed by atoms with Gasteiger partial charge in [0, 0.05) is 38.8 Å². The Kier molecular flexibility index (Phi) is 8.72. The molecule has 6 rings (SSSR count). The summed E-state index contributed by atoms with van der Waals surface area (Å²) in [5.41, 5.74) is 0.529. The maximum atomic E-state index is 15.0. The summed E-state index contributed by atoms with van der Waals surface area (Å²) in [5.74, 6) is -2.63. The van der Waals surface area contributed by atoms with Crippen LogP contribution in [-0.4, -0.2) is 66.4 Å². The van der Waals surface area contributed by atoms with Crippen molar-refractivity contribution in [1.82, 2.24) is 14.1 Å². The highest BCUT2D eigenvalue weighted by molar-refractivity contribution is 7.89. The quantitative estimate of drug-likeness (QED) is 0.309. The predicted molar refractivity (Wildman–Crippen MR) is 159 cm³/mol. The van der Waals surface area contributed by atoms with Crippen LogP contribution in [0.2, 0.25) is 0 Å². The molecule has 44 heavy (non-hydrogen) atoms. The van der Waals surface area contributed by atoms with E-state index in [1.54, 1.807) is 11.0 Å². The molecule has 0 radical (unpaired) electrons. The van der Waals surface area contributed by atoms with E-state index in [9.17, 15) is 26.4 Å². The highest BCUT2D eigenvalue weighted by atomic mass is 32.2. The number of piperidine rings is 1. The number of carbonyl (C=O) groups excluding carboxylic acids is 1. The van der Waals surface area contributed by atoms with Crippen LogP contribution >= 0.6 is 0 Å². The van der Waals surface area contributed by atoms with Crippen LogP contribution in [0.3, 0.4) is 0 Å². The van der Waals surface area contributed by atoms with Crippen molar-refractivity contribution < 1.29 is 31.1 Å². The van der Waals surface area contributed by atoms with Gasteiger partial charge in [-0.3, -0.25) is 4.90 Å². The topological polar surface area (TPSA) is 70.2 Å². The Morgan fingerprint density at radius 1 is 0.841 bits per heavy atom. The number of nitrogens with zero attached hydrogens (tertiary/aromatic N) is 3. The van der Waals surface area contributed by atoms with Crippen molar-refractivity contribution in [2.45, 2.75) is 67.6 Å². The number of amides is 1. The molecule has 2 atom stereocenters. The first-order valence-corrected chi connectivity index (χ1v) is 16.6. The van der Waals surface area contributed by atoms with Crippen LogP contribution in [-0.2, 0) is 21.3 Å². The molecule has 7 nitrogen and oxygen atoms in total. The molecule has 0 bridgehead atoms. The van der Waals surface area contributed by atoms with Gasteiger partial charge in [-0.05, 0) is 73.9 Å². The van der Waals surface area contributed by atoms with Gasteiger partial charge in [0.1, 0.15) is 27.9 Å². The molecule has 3 aromatic carbocycles. The van der Waals surface area contributed by atoms with Gasteiger partial charge in [-0.1, -0.05) is 42.5 Å². The molecule has 1 saturated carbocycles. The van der Waals surface area contributed by atoms with E-state index >= 15 is 0 Å². The molecule has 1 aliphatic carbocycles. The molecular weight excluding hydrogens is 591 g/mol. The molecule has 0 unspecified atom stereocenters. The predicted octanol–water partition coefficient (Wildman–Crippen LogP) is 6.27. The van der Waals surface area contributed by atoms with Crippen molar-refractivity contribution in [2.24, 2.45) is 0 Å². The summed E-state index contributed by atoms with van der Waals surface area (Å²) < 4.78 is 78.9. The minimum Gasteiger partial charge on any atom is -0.441 e. The van der Waals surface area contributed by atoms with E-state index in [0.717, 1.165) is 31.6 Å². The third kappa shape index (κ3) is 6.36. The fourth-order valence-corrected chi connectivity index (χ4v) is 8.62. The zero-order valence-electron chi connectivity index (χ0n) is 24.4. The summed E-state index contributed by atoms with van der Waals surface area (Å²) in [7, 11) is -4.56. The van der Waals surface area contributed by atoms with Gasteiger partial charge in [0.25, 0.3) is 0 Å². The zero-order chi connectivity index (χ0) is 30.9. The standard InChI is InChI=1S/C33H36F3N3O4S/c34-26-10-4-9-25(21-26)29-11-5-12-31(39(29)44(41,42)30-14-13-27(35)22-28(30)36)33(15-16-33)43-32(40)38-18-6-17-37(19-20-38)23-24-7-2-1-3-8-24/h1-4,7-10,13-14,21-22,29,31H,5-6,11-12,15-20,23H2/t29-,31+/m0/s1. The van der Waals surface area contributed by atoms with Crippen molar-refractivity contribution in [3.05, 3.63) is 101 Å². The van der Waals surface area contributed by atoms with Crippen LogP contribution in [0.4, 0.5) is 18.0 Å². The number of sulfonamides is 1. The first-order valence-electron chi connectivity index (χ1n) is 15.1. The van der Waals surface area contributed by atoms with Gasteiger partial charge in [0.05, 0.1) is 12.1 Å². The second kappa shape index (κ2) is 12.5. The lowest BCUT2D eigenvalue weighted by atomic mass is 9.90. The number of halogens is 3. The van der Waals surface area contributed by atoms with E-state index in [4.69, 9.17) is 4.74 Å². The third-order valence-electron chi connectivity index (χ3n) is 8.99. The van der Waals surface area contributed by atoms with Crippen LogP contribution in [0.5, 0.6) is 0 Å². The van der Waals surface area contributed by atoms with E-state index < -0.39 is 56.1 Å². The minimum absolute atomic E-state index is 0.370. The number of ether oxygens (including phenoxy) is 1. The lowest BCUT2D eigenvalue weighted by molar-refractivity contribution is -0.00820. The normalized spacial score (nSPS) is 22.8. The molecule has 3 aliphatic rings. The highest BCUT2D eigenvalue weighted by Crippen LogP contribution is 2.52. The van der Waals surface area contributed by atoms with Crippen LogP contribution in [0, 0.1) is 17.5 Å². The molecule has 1 amide bonds. The van der Waals surface area contributed by atoms with Crippen LogP contribution in [0.1, 0.15) is 55.7 Å². The van der Waals surface area contributed by atoms with Crippen molar-refractivity contribution in [2.75, 3.05) is 26.2 Å². The number of carbonyl (C=O) groups is 1. The van der Waals surface area contributed by atoms with E-state index in [-0.39, 0.29) is 0 Å². The molecule has 3 fully saturated rings.